The Hall–Kier alpha value is -4.99. The monoisotopic (exact) mass is 651 g/mol. The van der Waals surface area contributed by atoms with Crippen molar-refractivity contribution in [2.24, 2.45) is 0 Å². The van der Waals surface area contributed by atoms with Gasteiger partial charge in [0.2, 0.25) is 5.91 Å². The lowest BCUT2D eigenvalue weighted by molar-refractivity contribution is -0.137. The number of rotatable bonds is 11. The van der Waals surface area contributed by atoms with Crippen LogP contribution in [0.2, 0.25) is 0 Å². The normalized spacial score (nSPS) is 15.9. The van der Waals surface area contributed by atoms with Gasteiger partial charge in [0.05, 0.1) is 29.1 Å². The fraction of sp³-hybridized carbons (Fsp3) is 0.395. The van der Waals surface area contributed by atoms with E-state index in [0.29, 0.717) is 34.8 Å². The summed E-state index contributed by atoms with van der Waals surface area (Å²) in [6, 6.07) is 5.92. The molecule has 0 saturated carbocycles. The molecule has 5 N–H and O–H groups in total. The van der Waals surface area contributed by atoms with Crippen molar-refractivity contribution in [2.75, 3.05) is 6.54 Å². The number of hydrogen-bond donors (Lipinski definition) is 5. The van der Waals surface area contributed by atoms with Crippen LogP contribution in [0.5, 0.6) is 0 Å². The van der Waals surface area contributed by atoms with E-state index in [2.05, 4.69) is 41.8 Å². The van der Waals surface area contributed by atoms with Gasteiger partial charge in [0.15, 0.2) is 0 Å². The van der Waals surface area contributed by atoms with E-state index < -0.39 is 11.9 Å². The number of fused-ring (bicyclic) bond motifs is 8. The SMILES string of the molecule is C=Cc1c(C)c2cc3nc(c(CC(=O)NCCCC)c4nc(cc5[nH]c(cc1[nH]2)c(C)c5CC)C(C)=C4C(=O)O)[C@@H](CCC(=O)O)[C@@H]3C. The molecular formula is C38H45N5O5. The highest BCUT2D eigenvalue weighted by Gasteiger charge is 2.35. The number of amides is 1. The zero-order valence-electron chi connectivity index (χ0n) is 28.6. The maximum atomic E-state index is 13.5. The third-order valence-corrected chi connectivity index (χ3v) is 9.81. The number of carboxylic acid groups (broad SMARTS) is 2. The number of H-pyrrole nitrogens is 2. The molecule has 3 aromatic rings. The number of nitrogens with one attached hydrogen (secondary N) is 3. The van der Waals surface area contributed by atoms with E-state index in [1.54, 1.807) is 6.92 Å². The highest BCUT2D eigenvalue weighted by atomic mass is 16.4. The number of carbonyl (C=O) groups is 3. The molecule has 8 bridgehead atoms. The van der Waals surface area contributed by atoms with Crippen LogP contribution in [0.4, 0.5) is 0 Å². The van der Waals surface area contributed by atoms with E-state index in [4.69, 9.17) is 9.97 Å². The number of allylic oxidation sites excluding steroid dienone is 1. The van der Waals surface area contributed by atoms with Crippen LogP contribution < -0.4 is 5.32 Å². The molecule has 5 rings (SSSR count). The molecule has 10 heteroatoms. The summed E-state index contributed by atoms with van der Waals surface area (Å²) in [5, 5.41) is 23.2. The standard InChI is InChI=1S/C38H45N5O5/c1-8-11-14-39-33(44)15-26-36-25(12-13-34(45)46)21(6)29(42-36)16-27-19(4)23(9-2)31(40-27)17-28-20(5)24(10-3)32(41-28)18-30-22(7)35(38(47)48)37(26)43-30/h9,16-18,21,25,40-41H,2,8,10-15H2,1,3-7H3,(H,39,44)(H,45,46)(H,47,48)/t21-,25-/m0/s1. The first-order valence-electron chi connectivity index (χ1n) is 16.7. The molecule has 0 fully saturated rings. The first kappa shape index (κ1) is 34.3. The summed E-state index contributed by atoms with van der Waals surface area (Å²) < 4.78 is 0. The van der Waals surface area contributed by atoms with Gasteiger partial charge in [0, 0.05) is 63.7 Å². The second-order valence-electron chi connectivity index (χ2n) is 12.8. The average molecular weight is 652 g/mol. The van der Waals surface area contributed by atoms with Crippen molar-refractivity contribution in [2.45, 2.75) is 91.9 Å². The van der Waals surface area contributed by atoms with Crippen LogP contribution in [0, 0.1) is 13.8 Å². The van der Waals surface area contributed by atoms with Crippen LogP contribution in [0.1, 0.15) is 116 Å². The van der Waals surface area contributed by atoms with Crippen LogP contribution in [-0.2, 0) is 27.2 Å². The summed E-state index contributed by atoms with van der Waals surface area (Å²) in [4.78, 5) is 55.4. The number of hydrogen-bond acceptors (Lipinski definition) is 5. The number of carboxylic acids is 2. The predicted molar refractivity (Wildman–Crippen MR) is 190 cm³/mol. The Morgan fingerprint density at radius 3 is 2.31 bits per heavy atom. The van der Waals surface area contributed by atoms with Crippen LogP contribution in [0.15, 0.2) is 24.8 Å². The van der Waals surface area contributed by atoms with E-state index >= 15 is 0 Å². The maximum absolute atomic E-state index is 13.5. The highest BCUT2D eigenvalue weighted by molar-refractivity contribution is 6.24. The lowest BCUT2D eigenvalue weighted by Crippen LogP contribution is -2.27. The Balaban J connectivity index is 1.98. The zero-order valence-corrected chi connectivity index (χ0v) is 28.6. The number of aliphatic carboxylic acids is 2. The summed E-state index contributed by atoms with van der Waals surface area (Å²) in [5.41, 5.74) is 10.4. The molecule has 3 aromatic heterocycles. The summed E-state index contributed by atoms with van der Waals surface area (Å²) in [5.74, 6) is -2.96. The Morgan fingerprint density at radius 1 is 0.958 bits per heavy atom. The van der Waals surface area contributed by atoms with E-state index in [0.717, 1.165) is 63.6 Å². The summed E-state index contributed by atoms with van der Waals surface area (Å²) >= 11 is 0. The second kappa shape index (κ2) is 14.0. The number of aromatic amines is 2. The largest absolute Gasteiger partial charge is 0.481 e. The van der Waals surface area contributed by atoms with Gasteiger partial charge in [-0.15, -0.1) is 0 Å². The number of aromatic nitrogens is 4. The van der Waals surface area contributed by atoms with Crippen molar-refractivity contribution in [1.82, 2.24) is 25.3 Å². The van der Waals surface area contributed by atoms with Gasteiger partial charge in [-0.3, -0.25) is 14.6 Å². The molecule has 0 radical (unpaired) electrons. The molecule has 0 unspecified atom stereocenters. The van der Waals surface area contributed by atoms with Crippen LogP contribution in [0.3, 0.4) is 0 Å². The molecular weight excluding hydrogens is 606 g/mol. The molecule has 2 aliphatic heterocycles. The summed E-state index contributed by atoms with van der Waals surface area (Å²) in [7, 11) is 0. The Kier molecular flexibility index (Phi) is 10.0. The Bertz CT molecular complexity index is 2010. The van der Waals surface area contributed by atoms with Gasteiger partial charge in [0.1, 0.15) is 0 Å². The number of aryl methyl sites for hydroxylation is 3. The van der Waals surface area contributed by atoms with Gasteiger partial charge in [0.25, 0.3) is 0 Å². The molecule has 2 atom stereocenters. The first-order chi connectivity index (χ1) is 22.9. The molecule has 1 amide bonds. The van der Waals surface area contributed by atoms with Gasteiger partial charge < -0.3 is 25.5 Å². The topological polar surface area (TPSA) is 161 Å². The Morgan fingerprint density at radius 2 is 1.67 bits per heavy atom. The fourth-order valence-electron chi connectivity index (χ4n) is 7.00. The average Bonchev–Trinajstić information content (AvgIpc) is 3.71. The lowest BCUT2D eigenvalue weighted by atomic mass is 9.84. The van der Waals surface area contributed by atoms with E-state index in [9.17, 15) is 24.6 Å². The van der Waals surface area contributed by atoms with Crippen molar-refractivity contribution < 1.29 is 24.6 Å². The van der Waals surface area contributed by atoms with E-state index in [1.807, 2.05) is 39.0 Å². The number of carbonyl (C=O) groups excluding carboxylic acids is 1. The molecule has 10 nitrogen and oxygen atoms in total. The van der Waals surface area contributed by atoms with Gasteiger partial charge >= 0.3 is 11.9 Å². The van der Waals surface area contributed by atoms with Crippen molar-refractivity contribution >= 4 is 57.1 Å². The highest BCUT2D eigenvalue weighted by Crippen LogP contribution is 2.43. The van der Waals surface area contributed by atoms with Crippen molar-refractivity contribution in [1.29, 1.82) is 0 Å². The van der Waals surface area contributed by atoms with E-state index in [1.165, 1.54) is 0 Å². The first-order valence-corrected chi connectivity index (χ1v) is 16.7. The lowest BCUT2D eigenvalue weighted by Gasteiger charge is -2.18. The molecule has 5 heterocycles. The molecule has 2 aliphatic rings. The minimum absolute atomic E-state index is 0.0138. The minimum atomic E-state index is -1.15. The molecule has 0 aromatic carbocycles. The minimum Gasteiger partial charge on any atom is -0.481 e. The van der Waals surface area contributed by atoms with Gasteiger partial charge in [-0.25, -0.2) is 9.78 Å². The fourth-order valence-corrected chi connectivity index (χ4v) is 7.00. The van der Waals surface area contributed by atoms with Crippen molar-refractivity contribution in [3.63, 3.8) is 0 Å². The summed E-state index contributed by atoms with van der Waals surface area (Å²) in [6.45, 7) is 16.5. The zero-order chi connectivity index (χ0) is 34.9. The predicted octanol–water partition coefficient (Wildman–Crippen LogP) is 7.36. The maximum Gasteiger partial charge on any atom is 0.338 e. The van der Waals surface area contributed by atoms with Crippen LogP contribution in [-0.4, -0.2) is 54.5 Å². The molecule has 0 aliphatic carbocycles. The molecule has 48 heavy (non-hydrogen) atoms. The number of unbranched alkanes of at least 4 members (excludes halogenated alkanes) is 1. The van der Waals surface area contributed by atoms with Crippen LogP contribution in [0.25, 0.3) is 39.3 Å². The van der Waals surface area contributed by atoms with Crippen molar-refractivity contribution in [3.05, 3.63) is 75.4 Å². The third kappa shape index (κ3) is 6.43. The van der Waals surface area contributed by atoms with Crippen LogP contribution >= 0.6 is 0 Å². The number of nitrogens with zero attached hydrogens (tertiary/aromatic N) is 2. The third-order valence-electron chi connectivity index (χ3n) is 9.81. The molecule has 252 valence electrons. The molecule has 0 saturated heterocycles. The van der Waals surface area contributed by atoms with E-state index in [-0.39, 0.29) is 48.3 Å². The molecule has 0 spiro atoms. The Labute approximate surface area is 280 Å². The van der Waals surface area contributed by atoms with Gasteiger partial charge in [-0.2, -0.15) is 0 Å². The summed E-state index contributed by atoms with van der Waals surface area (Å²) in [6.07, 6.45) is 4.30. The second-order valence-corrected chi connectivity index (χ2v) is 12.8. The smallest absolute Gasteiger partial charge is 0.338 e. The van der Waals surface area contributed by atoms with Gasteiger partial charge in [-0.1, -0.05) is 39.8 Å². The quantitative estimate of drug-likeness (QED) is 0.135. The van der Waals surface area contributed by atoms with Gasteiger partial charge in [-0.05, 0) is 80.5 Å². The van der Waals surface area contributed by atoms with Crippen molar-refractivity contribution in [3.8, 4) is 0 Å².